The predicted molar refractivity (Wildman–Crippen MR) is 88.7 cm³/mol. The smallest absolute Gasteiger partial charge is 0.127 e. The standard InChI is InChI=1S/C19H19NO2/c1-11-4-7-16(21)13(8-11)12-5-6-15-18-14(12)10-22-17(18)9-19(2,3)20-15/h4-9,20-21H,10H2,1-3H3. The van der Waals surface area contributed by atoms with E-state index in [1.165, 1.54) is 0 Å². The quantitative estimate of drug-likeness (QED) is 0.816. The molecule has 0 aliphatic carbocycles. The van der Waals surface area contributed by atoms with Gasteiger partial charge in [-0.05, 0) is 50.6 Å². The van der Waals surface area contributed by atoms with E-state index in [0.29, 0.717) is 12.4 Å². The normalized spacial score (nSPS) is 17.3. The molecule has 0 atom stereocenters. The van der Waals surface area contributed by atoms with Gasteiger partial charge in [-0.1, -0.05) is 17.7 Å². The lowest BCUT2D eigenvalue weighted by molar-refractivity contribution is 0.283. The fourth-order valence-electron chi connectivity index (χ4n) is 3.35. The molecule has 2 aromatic carbocycles. The summed E-state index contributed by atoms with van der Waals surface area (Å²) in [4.78, 5) is 0. The summed E-state index contributed by atoms with van der Waals surface area (Å²) in [6.45, 7) is 6.84. The highest BCUT2D eigenvalue weighted by molar-refractivity contribution is 5.88. The maximum atomic E-state index is 10.2. The number of phenolic OH excluding ortho intramolecular Hbond substituents is 1. The Labute approximate surface area is 130 Å². The van der Waals surface area contributed by atoms with Gasteiger partial charge in [0.15, 0.2) is 0 Å². The fraction of sp³-hybridized carbons (Fsp3) is 0.263. The molecule has 4 rings (SSSR count). The third-order valence-corrected chi connectivity index (χ3v) is 4.32. The number of phenols is 1. The predicted octanol–water partition coefficient (Wildman–Crippen LogP) is 4.44. The topological polar surface area (TPSA) is 41.5 Å². The molecule has 0 radical (unpaired) electrons. The van der Waals surface area contributed by atoms with Crippen LogP contribution in [0.4, 0.5) is 5.69 Å². The highest BCUT2D eigenvalue weighted by Crippen LogP contribution is 2.46. The summed E-state index contributed by atoms with van der Waals surface area (Å²) in [6, 6.07) is 9.85. The van der Waals surface area contributed by atoms with Crippen LogP contribution in [0, 0.1) is 6.92 Å². The molecule has 2 N–H and O–H groups in total. The monoisotopic (exact) mass is 293 g/mol. The number of aryl methyl sites for hydroxylation is 1. The third kappa shape index (κ3) is 1.89. The number of anilines is 1. The second kappa shape index (κ2) is 4.29. The zero-order valence-electron chi connectivity index (χ0n) is 13.0. The van der Waals surface area contributed by atoms with E-state index in [1.807, 2.05) is 19.1 Å². The summed E-state index contributed by atoms with van der Waals surface area (Å²) in [6.07, 6.45) is 2.13. The maximum absolute atomic E-state index is 10.2. The van der Waals surface area contributed by atoms with E-state index in [4.69, 9.17) is 4.74 Å². The lowest BCUT2D eigenvalue weighted by Gasteiger charge is -2.30. The number of ether oxygens (including phenoxy) is 1. The number of hydrogen-bond acceptors (Lipinski definition) is 3. The van der Waals surface area contributed by atoms with Crippen molar-refractivity contribution in [2.24, 2.45) is 0 Å². The fourth-order valence-corrected chi connectivity index (χ4v) is 3.35. The molecule has 2 aliphatic heterocycles. The summed E-state index contributed by atoms with van der Waals surface area (Å²) >= 11 is 0. The van der Waals surface area contributed by atoms with Crippen molar-refractivity contribution >= 4 is 11.4 Å². The van der Waals surface area contributed by atoms with E-state index < -0.39 is 0 Å². The van der Waals surface area contributed by atoms with Gasteiger partial charge in [0.2, 0.25) is 0 Å². The molecule has 2 aromatic rings. The minimum Gasteiger partial charge on any atom is -0.507 e. The molecular formula is C19H19NO2. The Morgan fingerprint density at radius 3 is 2.77 bits per heavy atom. The van der Waals surface area contributed by atoms with Crippen molar-refractivity contribution in [2.45, 2.75) is 32.9 Å². The Morgan fingerprint density at radius 2 is 1.95 bits per heavy atom. The van der Waals surface area contributed by atoms with Crippen LogP contribution in [0.3, 0.4) is 0 Å². The van der Waals surface area contributed by atoms with Gasteiger partial charge in [0.25, 0.3) is 0 Å². The van der Waals surface area contributed by atoms with Crippen molar-refractivity contribution in [1.82, 2.24) is 0 Å². The highest BCUT2D eigenvalue weighted by atomic mass is 16.5. The Kier molecular flexibility index (Phi) is 2.59. The Morgan fingerprint density at radius 1 is 1.14 bits per heavy atom. The number of benzene rings is 2. The van der Waals surface area contributed by atoms with Gasteiger partial charge >= 0.3 is 0 Å². The zero-order valence-corrected chi connectivity index (χ0v) is 13.0. The van der Waals surface area contributed by atoms with Crippen molar-refractivity contribution in [1.29, 1.82) is 0 Å². The van der Waals surface area contributed by atoms with Gasteiger partial charge in [-0.25, -0.2) is 0 Å². The molecule has 0 saturated carbocycles. The van der Waals surface area contributed by atoms with Crippen molar-refractivity contribution in [3.63, 3.8) is 0 Å². The summed E-state index contributed by atoms with van der Waals surface area (Å²) in [7, 11) is 0. The number of aromatic hydroxyl groups is 1. The van der Waals surface area contributed by atoms with Crippen molar-refractivity contribution < 1.29 is 9.84 Å². The van der Waals surface area contributed by atoms with Crippen LogP contribution in [0.5, 0.6) is 5.75 Å². The molecule has 0 spiro atoms. The third-order valence-electron chi connectivity index (χ3n) is 4.32. The van der Waals surface area contributed by atoms with Crippen LogP contribution in [0.1, 0.15) is 30.5 Å². The van der Waals surface area contributed by atoms with Gasteiger partial charge in [0, 0.05) is 22.4 Å². The summed E-state index contributed by atoms with van der Waals surface area (Å²) in [5.74, 6) is 1.26. The molecule has 3 nitrogen and oxygen atoms in total. The first-order chi connectivity index (χ1) is 10.4. The van der Waals surface area contributed by atoms with Crippen LogP contribution in [0.15, 0.2) is 36.4 Å². The van der Waals surface area contributed by atoms with Crippen LogP contribution in [-0.4, -0.2) is 10.6 Å². The first kappa shape index (κ1) is 13.3. The van der Waals surface area contributed by atoms with Gasteiger partial charge in [0.1, 0.15) is 18.1 Å². The molecule has 0 unspecified atom stereocenters. The Bertz CT molecular complexity index is 818. The van der Waals surface area contributed by atoms with Crippen LogP contribution in [0.25, 0.3) is 16.9 Å². The molecule has 112 valence electrons. The van der Waals surface area contributed by atoms with E-state index in [2.05, 4.69) is 37.4 Å². The first-order valence-electron chi connectivity index (χ1n) is 7.55. The highest BCUT2D eigenvalue weighted by Gasteiger charge is 2.32. The number of rotatable bonds is 1. The molecule has 2 heterocycles. The lowest BCUT2D eigenvalue weighted by Crippen LogP contribution is -2.31. The minimum atomic E-state index is -0.114. The SMILES string of the molecule is Cc1ccc(O)c(-c2ccc3c4c2COC4=CC(C)(C)N3)c1. The first-order valence-corrected chi connectivity index (χ1v) is 7.55. The van der Waals surface area contributed by atoms with Gasteiger partial charge < -0.3 is 15.2 Å². The molecule has 2 aliphatic rings. The lowest BCUT2D eigenvalue weighted by atomic mass is 9.89. The Hall–Kier alpha value is -2.42. The van der Waals surface area contributed by atoms with Gasteiger partial charge in [-0.2, -0.15) is 0 Å². The molecule has 22 heavy (non-hydrogen) atoms. The average molecular weight is 293 g/mol. The second-order valence-electron chi connectivity index (χ2n) is 6.68. The number of nitrogens with one attached hydrogen (secondary N) is 1. The van der Waals surface area contributed by atoms with Crippen LogP contribution in [0.2, 0.25) is 0 Å². The van der Waals surface area contributed by atoms with Gasteiger partial charge in [0.05, 0.1) is 5.54 Å². The molecular weight excluding hydrogens is 274 g/mol. The molecule has 0 amide bonds. The molecule has 0 saturated heterocycles. The van der Waals surface area contributed by atoms with Gasteiger partial charge in [-0.15, -0.1) is 0 Å². The number of hydrogen-bond donors (Lipinski definition) is 2. The van der Waals surface area contributed by atoms with E-state index >= 15 is 0 Å². The summed E-state index contributed by atoms with van der Waals surface area (Å²) in [5, 5.41) is 13.8. The Balaban J connectivity index is 1.95. The van der Waals surface area contributed by atoms with Gasteiger partial charge in [-0.3, -0.25) is 0 Å². The largest absolute Gasteiger partial charge is 0.507 e. The molecule has 0 bridgehead atoms. The van der Waals surface area contributed by atoms with E-state index in [9.17, 15) is 5.11 Å². The second-order valence-corrected chi connectivity index (χ2v) is 6.68. The van der Waals surface area contributed by atoms with E-state index in [1.54, 1.807) is 6.07 Å². The van der Waals surface area contributed by atoms with Crippen LogP contribution >= 0.6 is 0 Å². The average Bonchev–Trinajstić information content (AvgIpc) is 2.86. The minimum absolute atomic E-state index is 0.114. The zero-order chi connectivity index (χ0) is 15.5. The van der Waals surface area contributed by atoms with Crippen molar-refractivity contribution in [3.8, 4) is 16.9 Å². The molecule has 0 fully saturated rings. The van der Waals surface area contributed by atoms with Crippen molar-refractivity contribution in [2.75, 3.05) is 5.32 Å². The van der Waals surface area contributed by atoms with E-state index in [0.717, 1.165) is 39.3 Å². The summed E-state index contributed by atoms with van der Waals surface area (Å²) in [5.41, 5.74) is 6.32. The van der Waals surface area contributed by atoms with Crippen LogP contribution in [-0.2, 0) is 11.3 Å². The van der Waals surface area contributed by atoms with Crippen LogP contribution < -0.4 is 5.32 Å². The maximum Gasteiger partial charge on any atom is 0.127 e. The molecule has 0 aromatic heterocycles. The summed E-state index contributed by atoms with van der Waals surface area (Å²) < 4.78 is 5.91. The van der Waals surface area contributed by atoms with Crippen molar-refractivity contribution in [3.05, 3.63) is 53.1 Å². The van der Waals surface area contributed by atoms with E-state index in [-0.39, 0.29) is 5.54 Å². The molecule has 3 heteroatoms.